The molecule has 1 heterocycles. The SMILES string of the molecule is CCCN(C(=O)c1cnc[nH]1)C1CCC(N)CC1. The number of H-pyrrole nitrogens is 1. The molecular formula is C13H22N4O. The lowest BCUT2D eigenvalue weighted by molar-refractivity contribution is 0.0621. The van der Waals surface area contributed by atoms with Crippen molar-refractivity contribution >= 4 is 5.91 Å². The fraction of sp³-hybridized carbons (Fsp3) is 0.692. The lowest BCUT2D eigenvalue weighted by atomic mass is 9.90. The van der Waals surface area contributed by atoms with E-state index >= 15 is 0 Å². The van der Waals surface area contributed by atoms with Crippen LogP contribution >= 0.6 is 0 Å². The Balaban J connectivity index is 2.05. The van der Waals surface area contributed by atoms with Gasteiger partial charge in [-0.15, -0.1) is 0 Å². The van der Waals surface area contributed by atoms with E-state index in [1.807, 2.05) is 4.90 Å². The van der Waals surface area contributed by atoms with E-state index in [4.69, 9.17) is 5.73 Å². The maximum absolute atomic E-state index is 12.4. The van der Waals surface area contributed by atoms with E-state index in [2.05, 4.69) is 16.9 Å². The average Bonchev–Trinajstić information content (AvgIpc) is 2.90. The van der Waals surface area contributed by atoms with E-state index < -0.39 is 0 Å². The van der Waals surface area contributed by atoms with Crippen LogP contribution in [0.25, 0.3) is 0 Å². The fourth-order valence-corrected chi connectivity index (χ4v) is 2.63. The van der Waals surface area contributed by atoms with Gasteiger partial charge in [-0.05, 0) is 32.1 Å². The van der Waals surface area contributed by atoms with Crippen molar-refractivity contribution in [3.05, 3.63) is 18.2 Å². The highest BCUT2D eigenvalue weighted by molar-refractivity contribution is 5.92. The molecule has 100 valence electrons. The molecule has 5 nitrogen and oxygen atoms in total. The number of hydrogen-bond acceptors (Lipinski definition) is 3. The van der Waals surface area contributed by atoms with E-state index in [-0.39, 0.29) is 5.91 Å². The Hall–Kier alpha value is -1.36. The summed E-state index contributed by atoms with van der Waals surface area (Å²) in [6.07, 6.45) is 8.18. The van der Waals surface area contributed by atoms with Crippen molar-refractivity contribution in [2.24, 2.45) is 5.73 Å². The van der Waals surface area contributed by atoms with Gasteiger partial charge in [0.15, 0.2) is 0 Å². The predicted molar refractivity (Wildman–Crippen MR) is 70.1 cm³/mol. The van der Waals surface area contributed by atoms with Crippen LogP contribution in [0.5, 0.6) is 0 Å². The Kier molecular flexibility index (Phi) is 4.36. The summed E-state index contributed by atoms with van der Waals surface area (Å²) in [5, 5.41) is 0. The number of amides is 1. The van der Waals surface area contributed by atoms with Crippen LogP contribution in [0.15, 0.2) is 12.5 Å². The third kappa shape index (κ3) is 2.90. The second-order valence-electron chi connectivity index (χ2n) is 5.03. The lowest BCUT2D eigenvalue weighted by Crippen LogP contribution is -2.44. The van der Waals surface area contributed by atoms with E-state index in [9.17, 15) is 4.79 Å². The molecule has 5 heteroatoms. The summed E-state index contributed by atoms with van der Waals surface area (Å²) in [6.45, 7) is 2.90. The first-order valence-corrected chi connectivity index (χ1v) is 6.77. The number of imidazole rings is 1. The van der Waals surface area contributed by atoms with E-state index in [1.165, 1.54) is 0 Å². The Morgan fingerprint density at radius 1 is 1.50 bits per heavy atom. The molecule has 0 aliphatic heterocycles. The van der Waals surface area contributed by atoms with Crippen molar-refractivity contribution in [1.82, 2.24) is 14.9 Å². The molecule has 2 rings (SSSR count). The first kappa shape index (κ1) is 13.1. The number of rotatable bonds is 4. The molecule has 18 heavy (non-hydrogen) atoms. The van der Waals surface area contributed by atoms with E-state index in [0.29, 0.717) is 17.8 Å². The summed E-state index contributed by atoms with van der Waals surface area (Å²) < 4.78 is 0. The molecule has 1 aliphatic carbocycles. The van der Waals surface area contributed by atoms with Gasteiger partial charge in [0.1, 0.15) is 5.69 Å². The normalized spacial score (nSPS) is 23.9. The minimum atomic E-state index is 0.0646. The molecule has 1 saturated carbocycles. The van der Waals surface area contributed by atoms with Crippen molar-refractivity contribution in [3.8, 4) is 0 Å². The smallest absolute Gasteiger partial charge is 0.272 e. The number of hydrogen-bond donors (Lipinski definition) is 2. The molecular weight excluding hydrogens is 228 g/mol. The van der Waals surface area contributed by atoms with Crippen LogP contribution in [0.1, 0.15) is 49.5 Å². The van der Waals surface area contributed by atoms with Crippen LogP contribution in [0, 0.1) is 0 Å². The zero-order valence-corrected chi connectivity index (χ0v) is 10.9. The molecule has 0 atom stereocenters. The van der Waals surface area contributed by atoms with Crippen LogP contribution in [0.2, 0.25) is 0 Å². The molecule has 1 amide bonds. The molecule has 1 aromatic rings. The van der Waals surface area contributed by atoms with Crippen molar-refractivity contribution in [2.45, 2.75) is 51.1 Å². The minimum absolute atomic E-state index is 0.0646. The number of nitrogens with zero attached hydrogens (tertiary/aromatic N) is 2. The summed E-state index contributed by atoms with van der Waals surface area (Å²) in [4.78, 5) is 21.2. The Morgan fingerprint density at radius 2 is 2.22 bits per heavy atom. The van der Waals surface area contributed by atoms with Gasteiger partial charge >= 0.3 is 0 Å². The molecule has 0 aromatic carbocycles. The van der Waals surface area contributed by atoms with Gasteiger partial charge in [-0.25, -0.2) is 4.98 Å². The average molecular weight is 250 g/mol. The standard InChI is InChI=1S/C13H22N4O/c1-2-7-17(11-5-3-10(14)4-6-11)13(18)12-8-15-9-16-12/h8-11H,2-7,14H2,1H3,(H,15,16). The van der Waals surface area contributed by atoms with E-state index in [1.54, 1.807) is 12.5 Å². The summed E-state index contributed by atoms with van der Waals surface area (Å²) in [6, 6.07) is 0.646. The monoisotopic (exact) mass is 250 g/mol. The molecule has 0 saturated heterocycles. The fourth-order valence-electron chi connectivity index (χ4n) is 2.63. The molecule has 0 spiro atoms. The first-order chi connectivity index (χ1) is 8.72. The van der Waals surface area contributed by atoms with Gasteiger partial charge in [0.05, 0.1) is 12.5 Å². The second-order valence-corrected chi connectivity index (χ2v) is 5.03. The predicted octanol–water partition coefficient (Wildman–Crippen LogP) is 1.53. The highest BCUT2D eigenvalue weighted by Gasteiger charge is 2.28. The van der Waals surface area contributed by atoms with Crippen LogP contribution < -0.4 is 5.73 Å². The topological polar surface area (TPSA) is 75.0 Å². The number of aromatic amines is 1. The van der Waals surface area contributed by atoms with E-state index in [0.717, 1.165) is 38.6 Å². The number of nitrogens with two attached hydrogens (primary N) is 1. The summed E-state index contributed by atoms with van der Waals surface area (Å²) in [7, 11) is 0. The highest BCUT2D eigenvalue weighted by atomic mass is 16.2. The largest absolute Gasteiger partial charge is 0.341 e. The molecule has 1 fully saturated rings. The Morgan fingerprint density at radius 3 is 2.78 bits per heavy atom. The third-order valence-corrected chi connectivity index (χ3v) is 3.64. The molecule has 3 N–H and O–H groups in total. The zero-order valence-electron chi connectivity index (χ0n) is 10.9. The number of aromatic nitrogens is 2. The quantitative estimate of drug-likeness (QED) is 0.851. The van der Waals surface area contributed by atoms with Crippen molar-refractivity contribution in [2.75, 3.05) is 6.54 Å². The molecule has 1 aliphatic rings. The van der Waals surface area contributed by atoms with Crippen LogP contribution in [-0.2, 0) is 0 Å². The van der Waals surface area contributed by atoms with Gasteiger partial charge < -0.3 is 15.6 Å². The summed E-state index contributed by atoms with van der Waals surface area (Å²) in [5.41, 5.74) is 6.50. The number of carbonyl (C=O) groups is 1. The van der Waals surface area contributed by atoms with Gasteiger partial charge in [0, 0.05) is 18.6 Å². The highest BCUT2D eigenvalue weighted by Crippen LogP contribution is 2.23. The van der Waals surface area contributed by atoms with Gasteiger partial charge in [0.2, 0.25) is 0 Å². The maximum Gasteiger partial charge on any atom is 0.272 e. The second kappa shape index (κ2) is 6.00. The molecule has 0 unspecified atom stereocenters. The maximum atomic E-state index is 12.4. The molecule has 0 bridgehead atoms. The van der Waals surface area contributed by atoms with Crippen LogP contribution in [0.4, 0.5) is 0 Å². The zero-order chi connectivity index (χ0) is 13.0. The number of carbonyl (C=O) groups excluding carboxylic acids is 1. The van der Waals surface area contributed by atoms with Crippen LogP contribution in [0.3, 0.4) is 0 Å². The van der Waals surface area contributed by atoms with Gasteiger partial charge in [-0.1, -0.05) is 6.92 Å². The summed E-state index contributed by atoms with van der Waals surface area (Å²) in [5.74, 6) is 0.0646. The Bertz CT molecular complexity index is 368. The van der Waals surface area contributed by atoms with Crippen molar-refractivity contribution in [1.29, 1.82) is 0 Å². The first-order valence-electron chi connectivity index (χ1n) is 6.77. The molecule has 0 radical (unpaired) electrons. The third-order valence-electron chi connectivity index (χ3n) is 3.64. The minimum Gasteiger partial charge on any atom is -0.341 e. The summed E-state index contributed by atoms with van der Waals surface area (Å²) >= 11 is 0. The van der Waals surface area contributed by atoms with Crippen molar-refractivity contribution < 1.29 is 4.79 Å². The lowest BCUT2D eigenvalue weighted by Gasteiger charge is -2.35. The Labute approximate surface area is 108 Å². The van der Waals surface area contributed by atoms with Crippen LogP contribution in [-0.4, -0.2) is 39.4 Å². The van der Waals surface area contributed by atoms with Gasteiger partial charge in [-0.2, -0.15) is 0 Å². The van der Waals surface area contributed by atoms with Gasteiger partial charge in [-0.3, -0.25) is 4.79 Å². The number of nitrogens with one attached hydrogen (secondary N) is 1. The molecule has 1 aromatic heterocycles. The van der Waals surface area contributed by atoms with Crippen molar-refractivity contribution in [3.63, 3.8) is 0 Å². The van der Waals surface area contributed by atoms with Gasteiger partial charge in [0.25, 0.3) is 5.91 Å².